The molecule has 0 fully saturated rings. The van der Waals surface area contributed by atoms with Crippen LogP contribution in [0.1, 0.15) is 5.56 Å². The molecule has 0 aliphatic rings. The molecule has 4 heteroatoms. The van der Waals surface area contributed by atoms with Crippen molar-refractivity contribution >= 4 is 32.7 Å². The molecule has 0 aliphatic carbocycles. The fraction of sp³-hybridized carbons (Fsp3) is 0.0714. The van der Waals surface area contributed by atoms with Gasteiger partial charge in [-0.2, -0.15) is 0 Å². The van der Waals surface area contributed by atoms with Crippen LogP contribution in [-0.4, -0.2) is 9.97 Å². The zero-order chi connectivity index (χ0) is 12.5. The van der Waals surface area contributed by atoms with E-state index in [1.165, 1.54) is 5.56 Å². The van der Waals surface area contributed by atoms with E-state index in [2.05, 4.69) is 38.0 Å². The van der Waals surface area contributed by atoms with Crippen molar-refractivity contribution in [2.45, 2.75) is 5.33 Å². The van der Waals surface area contributed by atoms with E-state index in [0.29, 0.717) is 0 Å². The van der Waals surface area contributed by atoms with Crippen LogP contribution in [0.3, 0.4) is 0 Å². The summed E-state index contributed by atoms with van der Waals surface area (Å²) in [5, 5.41) is 0.846. The Kier molecular flexibility index (Phi) is 2.80. The molecule has 2 aromatic carbocycles. The van der Waals surface area contributed by atoms with Crippen molar-refractivity contribution in [1.82, 2.24) is 9.97 Å². The number of hydrogen-bond acceptors (Lipinski definition) is 2. The summed E-state index contributed by atoms with van der Waals surface area (Å²) in [7, 11) is 0. The molecule has 3 rings (SSSR count). The summed E-state index contributed by atoms with van der Waals surface area (Å²) in [5.74, 6) is 0.872. The minimum atomic E-state index is 0.761. The lowest BCUT2D eigenvalue weighted by atomic mass is 10.2. The average Bonchev–Trinajstić information content (AvgIpc) is 2.82. The van der Waals surface area contributed by atoms with Gasteiger partial charge in [0.05, 0.1) is 11.0 Å². The molecule has 3 N–H and O–H groups in total. The number of rotatable bonds is 2. The van der Waals surface area contributed by atoms with Crippen LogP contribution in [0.5, 0.6) is 0 Å². The zero-order valence-electron chi connectivity index (χ0n) is 9.65. The molecular weight excluding hydrogens is 290 g/mol. The summed E-state index contributed by atoms with van der Waals surface area (Å²) in [5.41, 5.74) is 10.7. The van der Waals surface area contributed by atoms with Gasteiger partial charge in [0.2, 0.25) is 0 Å². The quantitative estimate of drug-likeness (QED) is 0.560. The first-order chi connectivity index (χ1) is 8.76. The van der Waals surface area contributed by atoms with Crippen molar-refractivity contribution in [2.24, 2.45) is 0 Å². The van der Waals surface area contributed by atoms with Crippen molar-refractivity contribution in [3.05, 3.63) is 48.0 Å². The van der Waals surface area contributed by atoms with Crippen LogP contribution in [0.2, 0.25) is 0 Å². The minimum absolute atomic E-state index is 0.761. The van der Waals surface area contributed by atoms with E-state index in [4.69, 9.17) is 5.73 Å². The van der Waals surface area contributed by atoms with Crippen molar-refractivity contribution in [1.29, 1.82) is 0 Å². The van der Waals surface area contributed by atoms with E-state index >= 15 is 0 Å². The molecule has 0 amide bonds. The SMILES string of the molecule is Nc1ccc(-c2nc3ccc(CBr)cc3[nH]2)cc1. The second-order valence-corrected chi connectivity index (χ2v) is 4.75. The summed E-state index contributed by atoms with van der Waals surface area (Å²) in [6.45, 7) is 0. The average molecular weight is 302 g/mol. The summed E-state index contributed by atoms with van der Waals surface area (Å²) in [4.78, 5) is 7.91. The van der Waals surface area contributed by atoms with Gasteiger partial charge < -0.3 is 10.7 Å². The second kappa shape index (κ2) is 4.46. The molecule has 0 saturated heterocycles. The third-order valence-electron chi connectivity index (χ3n) is 2.88. The Labute approximate surface area is 113 Å². The van der Waals surface area contributed by atoms with Gasteiger partial charge in [-0.3, -0.25) is 0 Å². The third-order valence-corrected chi connectivity index (χ3v) is 3.53. The van der Waals surface area contributed by atoms with Crippen LogP contribution in [-0.2, 0) is 5.33 Å². The predicted molar refractivity (Wildman–Crippen MR) is 78.6 cm³/mol. The molecule has 0 aliphatic heterocycles. The zero-order valence-corrected chi connectivity index (χ0v) is 11.2. The van der Waals surface area contributed by atoms with Crippen LogP contribution >= 0.6 is 15.9 Å². The minimum Gasteiger partial charge on any atom is -0.399 e. The van der Waals surface area contributed by atoms with Gasteiger partial charge in [-0.1, -0.05) is 22.0 Å². The number of aromatic nitrogens is 2. The van der Waals surface area contributed by atoms with Crippen LogP contribution in [0, 0.1) is 0 Å². The third kappa shape index (κ3) is 1.99. The molecule has 0 radical (unpaired) electrons. The Balaban J connectivity index is 2.10. The van der Waals surface area contributed by atoms with Crippen molar-refractivity contribution in [3.8, 4) is 11.4 Å². The number of alkyl halides is 1. The van der Waals surface area contributed by atoms with Gasteiger partial charge in [0.1, 0.15) is 5.82 Å². The Morgan fingerprint density at radius 2 is 1.89 bits per heavy atom. The van der Waals surface area contributed by atoms with Crippen LogP contribution in [0.25, 0.3) is 22.4 Å². The number of nitrogens with one attached hydrogen (secondary N) is 1. The Hall–Kier alpha value is -1.81. The molecule has 90 valence electrons. The number of fused-ring (bicyclic) bond motifs is 1. The predicted octanol–water partition coefficient (Wildman–Crippen LogP) is 3.71. The molecule has 18 heavy (non-hydrogen) atoms. The highest BCUT2D eigenvalue weighted by Crippen LogP contribution is 2.22. The molecule has 0 spiro atoms. The monoisotopic (exact) mass is 301 g/mol. The van der Waals surface area contributed by atoms with Crippen LogP contribution in [0.4, 0.5) is 5.69 Å². The van der Waals surface area contributed by atoms with E-state index < -0.39 is 0 Å². The number of nitrogens with two attached hydrogens (primary N) is 1. The molecule has 0 saturated carbocycles. The maximum absolute atomic E-state index is 5.68. The molecule has 3 nitrogen and oxygen atoms in total. The number of aromatic amines is 1. The van der Waals surface area contributed by atoms with Gasteiger partial charge in [-0.25, -0.2) is 4.98 Å². The summed E-state index contributed by atoms with van der Waals surface area (Å²) >= 11 is 3.45. The number of nitrogen functional groups attached to an aromatic ring is 1. The lowest BCUT2D eigenvalue weighted by Crippen LogP contribution is -1.84. The number of hydrogen-bond donors (Lipinski definition) is 2. The highest BCUT2D eigenvalue weighted by Gasteiger charge is 2.05. The Morgan fingerprint density at radius 1 is 1.11 bits per heavy atom. The van der Waals surface area contributed by atoms with Crippen LogP contribution in [0.15, 0.2) is 42.5 Å². The maximum Gasteiger partial charge on any atom is 0.138 e. The van der Waals surface area contributed by atoms with Gasteiger partial charge >= 0.3 is 0 Å². The summed E-state index contributed by atoms with van der Waals surface area (Å²) in [6, 6.07) is 13.9. The van der Waals surface area contributed by atoms with Crippen molar-refractivity contribution < 1.29 is 0 Å². The number of imidazole rings is 1. The van der Waals surface area contributed by atoms with E-state index in [1.54, 1.807) is 0 Å². The number of H-pyrrole nitrogens is 1. The van der Waals surface area contributed by atoms with E-state index in [9.17, 15) is 0 Å². The molecule has 0 bridgehead atoms. The molecule has 3 aromatic rings. The topological polar surface area (TPSA) is 54.7 Å². The number of nitrogens with zero attached hydrogens (tertiary/aromatic N) is 1. The molecule has 0 atom stereocenters. The lowest BCUT2D eigenvalue weighted by Gasteiger charge is -1.96. The molecule has 1 heterocycles. The Morgan fingerprint density at radius 3 is 2.61 bits per heavy atom. The summed E-state index contributed by atoms with van der Waals surface area (Å²) < 4.78 is 0. The summed E-state index contributed by atoms with van der Waals surface area (Å²) in [6.07, 6.45) is 0. The van der Waals surface area contributed by atoms with Gasteiger partial charge in [0, 0.05) is 16.6 Å². The molecular formula is C14H12BrN3. The van der Waals surface area contributed by atoms with Gasteiger partial charge in [0.25, 0.3) is 0 Å². The first-order valence-electron chi connectivity index (χ1n) is 5.67. The number of halogens is 1. The largest absolute Gasteiger partial charge is 0.399 e. The maximum atomic E-state index is 5.68. The number of anilines is 1. The van der Waals surface area contributed by atoms with Gasteiger partial charge in [-0.05, 0) is 42.0 Å². The number of benzene rings is 2. The smallest absolute Gasteiger partial charge is 0.138 e. The normalized spacial score (nSPS) is 10.9. The van der Waals surface area contributed by atoms with E-state index in [-0.39, 0.29) is 0 Å². The first kappa shape index (κ1) is 11.3. The van der Waals surface area contributed by atoms with Crippen LogP contribution < -0.4 is 5.73 Å². The fourth-order valence-corrected chi connectivity index (χ4v) is 2.27. The highest BCUT2D eigenvalue weighted by atomic mass is 79.9. The first-order valence-corrected chi connectivity index (χ1v) is 6.79. The van der Waals surface area contributed by atoms with Crippen molar-refractivity contribution in [2.75, 3.05) is 5.73 Å². The van der Waals surface area contributed by atoms with Crippen molar-refractivity contribution in [3.63, 3.8) is 0 Å². The fourth-order valence-electron chi connectivity index (χ4n) is 1.92. The highest BCUT2D eigenvalue weighted by molar-refractivity contribution is 9.08. The lowest BCUT2D eigenvalue weighted by molar-refractivity contribution is 1.34. The standard InChI is InChI=1S/C14H12BrN3/c15-8-9-1-6-12-13(7-9)18-14(17-12)10-2-4-11(16)5-3-10/h1-7H,8,16H2,(H,17,18). The van der Waals surface area contributed by atoms with E-state index in [0.717, 1.165) is 33.4 Å². The molecule has 0 unspecified atom stereocenters. The van der Waals surface area contributed by atoms with Gasteiger partial charge in [0.15, 0.2) is 0 Å². The molecule has 1 aromatic heterocycles. The second-order valence-electron chi connectivity index (χ2n) is 4.19. The Bertz CT molecular complexity index is 686. The van der Waals surface area contributed by atoms with Gasteiger partial charge in [-0.15, -0.1) is 0 Å². The van der Waals surface area contributed by atoms with E-state index in [1.807, 2.05) is 30.3 Å².